The van der Waals surface area contributed by atoms with Gasteiger partial charge in [0, 0.05) is 12.0 Å². The van der Waals surface area contributed by atoms with Crippen molar-refractivity contribution < 1.29 is 33.3 Å². The SMILES string of the molecule is COc1ccc(C2=C(c3cc(OC)c(OC)c(OC)c3)C(=O)CC2O[Si](C)(C)C(C)(C)C)cc1O. The summed E-state index contributed by atoms with van der Waals surface area (Å²) in [7, 11) is 3.88. The van der Waals surface area contributed by atoms with Gasteiger partial charge in [-0.1, -0.05) is 26.8 Å². The van der Waals surface area contributed by atoms with Crippen LogP contribution in [0.1, 0.15) is 38.3 Å². The van der Waals surface area contributed by atoms with Crippen LogP contribution in [0.4, 0.5) is 0 Å². The minimum Gasteiger partial charge on any atom is -0.504 e. The van der Waals surface area contributed by atoms with Crippen molar-refractivity contribution in [2.24, 2.45) is 0 Å². The Kier molecular flexibility index (Phi) is 7.57. The summed E-state index contributed by atoms with van der Waals surface area (Å²) in [4.78, 5) is 13.5. The number of phenols is 1. The van der Waals surface area contributed by atoms with E-state index < -0.39 is 14.4 Å². The fraction of sp³-hybridized carbons (Fsp3) is 0.444. The van der Waals surface area contributed by atoms with Crippen molar-refractivity contribution in [3.8, 4) is 28.7 Å². The number of ether oxygens (including phenoxy) is 4. The maximum absolute atomic E-state index is 13.5. The van der Waals surface area contributed by atoms with Crippen LogP contribution in [-0.4, -0.2) is 53.8 Å². The van der Waals surface area contributed by atoms with E-state index in [1.807, 2.05) is 6.07 Å². The second-order valence-electron chi connectivity index (χ2n) is 10.1. The van der Waals surface area contributed by atoms with Gasteiger partial charge in [-0.3, -0.25) is 4.79 Å². The average molecular weight is 501 g/mol. The standard InChI is InChI=1S/C27H36O7Si/c1-27(2,3)35(8,9)34-21-15-19(29)24(25(21)16-10-11-20(30-4)18(28)12-16)17-13-22(31-5)26(33-7)23(14-17)32-6/h10-14,21,28H,15H2,1-9H3. The molecule has 1 N–H and O–H groups in total. The van der Waals surface area contributed by atoms with Gasteiger partial charge in [0.2, 0.25) is 5.75 Å². The zero-order chi connectivity index (χ0) is 26.1. The molecular formula is C27H36O7Si. The Morgan fingerprint density at radius 1 is 0.857 bits per heavy atom. The van der Waals surface area contributed by atoms with Crippen LogP contribution >= 0.6 is 0 Å². The molecule has 1 unspecified atom stereocenters. The number of allylic oxidation sites excluding steroid dienone is 1. The highest BCUT2D eigenvalue weighted by atomic mass is 28.4. The molecule has 7 nitrogen and oxygen atoms in total. The van der Waals surface area contributed by atoms with Gasteiger partial charge in [-0.2, -0.15) is 0 Å². The van der Waals surface area contributed by atoms with Crippen LogP contribution in [0, 0.1) is 0 Å². The summed E-state index contributed by atoms with van der Waals surface area (Å²) in [5, 5.41) is 10.5. The Morgan fingerprint density at radius 3 is 1.89 bits per heavy atom. The van der Waals surface area contributed by atoms with Crippen molar-refractivity contribution in [3.63, 3.8) is 0 Å². The molecule has 0 radical (unpaired) electrons. The van der Waals surface area contributed by atoms with E-state index in [4.69, 9.17) is 23.4 Å². The van der Waals surface area contributed by atoms with Crippen LogP contribution in [0.15, 0.2) is 30.3 Å². The van der Waals surface area contributed by atoms with Gasteiger partial charge < -0.3 is 28.5 Å². The number of methoxy groups -OCH3 is 4. The van der Waals surface area contributed by atoms with Crippen LogP contribution in [0.2, 0.25) is 18.1 Å². The number of phenolic OH excluding ortho intramolecular Hbond substituents is 1. The monoisotopic (exact) mass is 500 g/mol. The second kappa shape index (κ2) is 9.95. The minimum absolute atomic E-state index is 0.00725. The first-order valence-electron chi connectivity index (χ1n) is 11.5. The van der Waals surface area contributed by atoms with E-state index in [0.717, 1.165) is 5.57 Å². The quantitative estimate of drug-likeness (QED) is 0.466. The van der Waals surface area contributed by atoms with Crippen molar-refractivity contribution in [3.05, 3.63) is 41.5 Å². The lowest BCUT2D eigenvalue weighted by atomic mass is 9.95. The summed E-state index contributed by atoms with van der Waals surface area (Å²) in [6, 6.07) is 8.69. The lowest BCUT2D eigenvalue weighted by Crippen LogP contribution is -2.43. The lowest BCUT2D eigenvalue weighted by Gasteiger charge is -2.39. The molecule has 0 aromatic heterocycles. The first-order valence-corrected chi connectivity index (χ1v) is 14.4. The molecule has 1 aliphatic carbocycles. The zero-order valence-electron chi connectivity index (χ0n) is 22.1. The Balaban J connectivity index is 2.29. The molecule has 0 saturated heterocycles. The van der Waals surface area contributed by atoms with Crippen LogP contribution in [-0.2, 0) is 9.22 Å². The Hall–Kier alpha value is -2.97. The normalized spacial score (nSPS) is 16.5. The van der Waals surface area contributed by atoms with Crippen LogP contribution in [0.25, 0.3) is 11.1 Å². The van der Waals surface area contributed by atoms with Crippen LogP contribution < -0.4 is 18.9 Å². The van der Waals surface area contributed by atoms with Crippen molar-refractivity contribution in [1.82, 2.24) is 0 Å². The highest BCUT2D eigenvalue weighted by Crippen LogP contribution is 2.48. The Morgan fingerprint density at radius 2 is 1.43 bits per heavy atom. The van der Waals surface area contributed by atoms with E-state index in [1.165, 1.54) is 28.4 Å². The molecule has 1 atom stereocenters. The number of hydrogen-bond acceptors (Lipinski definition) is 7. The van der Waals surface area contributed by atoms with Gasteiger partial charge >= 0.3 is 0 Å². The molecule has 1 aliphatic rings. The summed E-state index contributed by atoms with van der Waals surface area (Å²) in [6.45, 7) is 10.8. The van der Waals surface area contributed by atoms with Crippen molar-refractivity contribution in [2.45, 2.75) is 51.4 Å². The largest absolute Gasteiger partial charge is 0.504 e. The molecule has 190 valence electrons. The zero-order valence-corrected chi connectivity index (χ0v) is 23.1. The summed E-state index contributed by atoms with van der Waals surface area (Å²) < 4.78 is 28.5. The van der Waals surface area contributed by atoms with Crippen molar-refractivity contribution in [1.29, 1.82) is 0 Å². The van der Waals surface area contributed by atoms with E-state index in [9.17, 15) is 9.90 Å². The van der Waals surface area contributed by atoms with Gasteiger partial charge in [-0.25, -0.2) is 0 Å². The van der Waals surface area contributed by atoms with Gasteiger partial charge in [-0.05, 0) is 59.1 Å². The Labute approximate surface area is 208 Å². The highest BCUT2D eigenvalue weighted by Gasteiger charge is 2.44. The number of carbonyl (C=O) groups excluding carboxylic acids is 1. The molecule has 0 spiro atoms. The van der Waals surface area contributed by atoms with Gasteiger partial charge in [-0.15, -0.1) is 0 Å². The average Bonchev–Trinajstić information content (AvgIpc) is 3.11. The topological polar surface area (TPSA) is 83.5 Å². The van der Waals surface area contributed by atoms with Gasteiger partial charge in [0.1, 0.15) is 0 Å². The molecule has 2 aromatic carbocycles. The number of ketones is 1. The summed E-state index contributed by atoms with van der Waals surface area (Å²) in [5.74, 6) is 1.65. The first kappa shape index (κ1) is 26.6. The Bertz CT molecular complexity index is 1120. The minimum atomic E-state index is -2.23. The second-order valence-corrected chi connectivity index (χ2v) is 14.8. The van der Waals surface area contributed by atoms with Crippen LogP contribution in [0.5, 0.6) is 28.7 Å². The van der Waals surface area contributed by atoms with E-state index >= 15 is 0 Å². The fourth-order valence-corrected chi connectivity index (χ4v) is 5.31. The molecule has 0 heterocycles. The molecular weight excluding hydrogens is 464 g/mol. The number of hydrogen-bond donors (Lipinski definition) is 1. The molecule has 0 aliphatic heterocycles. The fourth-order valence-electron chi connectivity index (χ4n) is 4.05. The summed E-state index contributed by atoms with van der Waals surface area (Å²) in [6.07, 6.45) is -0.244. The smallest absolute Gasteiger partial charge is 0.203 e. The van der Waals surface area contributed by atoms with Gasteiger partial charge in [0.25, 0.3) is 0 Å². The van der Waals surface area contributed by atoms with Gasteiger partial charge in [0.05, 0.1) is 34.5 Å². The molecule has 0 amide bonds. The lowest BCUT2D eigenvalue weighted by molar-refractivity contribution is -0.114. The van der Waals surface area contributed by atoms with Gasteiger partial charge in [0.15, 0.2) is 37.1 Å². The maximum atomic E-state index is 13.5. The highest BCUT2D eigenvalue weighted by molar-refractivity contribution is 6.74. The predicted octanol–water partition coefficient (Wildman–Crippen LogP) is 5.70. The maximum Gasteiger partial charge on any atom is 0.203 e. The predicted molar refractivity (Wildman–Crippen MR) is 139 cm³/mol. The van der Waals surface area contributed by atoms with E-state index in [2.05, 4.69) is 33.9 Å². The third-order valence-corrected chi connectivity index (χ3v) is 11.4. The van der Waals surface area contributed by atoms with Crippen LogP contribution in [0.3, 0.4) is 0 Å². The van der Waals surface area contributed by atoms with E-state index in [0.29, 0.717) is 39.7 Å². The number of carbonyl (C=O) groups is 1. The van der Waals surface area contributed by atoms with E-state index in [-0.39, 0.29) is 23.0 Å². The summed E-state index contributed by atoms with van der Waals surface area (Å²) in [5.41, 5.74) is 2.57. The third-order valence-electron chi connectivity index (χ3n) is 6.93. The number of aromatic hydroxyl groups is 1. The molecule has 0 bridgehead atoms. The molecule has 35 heavy (non-hydrogen) atoms. The summed E-state index contributed by atoms with van der Waals surface area (Å²) >= 11 is 0. The number of rotatable bonds is 8. The number of Topliss-reactive ketones (excluding diaryl/α,β-unsaturated/α-hetero) is 1. The molecule has 0 saturated carbocycles. The molecule has 2 aromatic rings. The third kappa shape index (κ3) is 5.04. The molecule has 8 heteroatoms. The number of benzene rings is 2. The van der Waals surface area contributed by atoms with E-state index in [1.54, 1.807) is 24.3 Å². The van der Waals surface area contributed by atoms with Crippen molar-refractivity contribution >= 4 is 25.2 Å². The first-order chi connectivity index (χ1) is 16.4. The molecule has 0 fully saturated rings. The van der Waals surface area contributed by atoms with Crippen molar-refractivity contribution in [2.75, 3.05) is 28.4 Å². The molecule has 3 rings (SSSR count).